The highest BCUT2D eigenvalue weighted by atomic mass is 15.8. The molecule has 2 nitrogen and oxygen atoms in total. The van der Waals surface area contributed by atoms with Crippen molar-refractivity contribution in [2.45, 2.75) is 6.04 Å². The van der Waals surface area contributed by atoms with Gasteiger partial charge in [-0.2, -0.15) is 5.01 Å². The molecule has 0 amide bonds. The molecule has 2 heteroatoms. The van der Waals surface area contributed by atoms with Crippen LogP contribution in [0.2, 0.25) is 0 Å². The second-order valence-electron chi connectivity index (χ2n) is 5.93. The number of benzene rings is 3. The van der Waals surface area contributed by atoms with Crippen LogP contribution >= 0.6 is 0 Å². The standard InChI is InChI=1S/C20H16N2/c1-2-7-15(8-3-1)16-9-6-10-17(13-16)20-18-11-4-5-12-19(18)21-14-22(20)21/h1-13,20H,14H2/t20?,21?,22-/m0/s1. The first-order valence-electron chi connectivity index (χ1n) is 7.70. The van der Waals surface area contributed by atoms with Gasteiger partial charge in [0.05, 0.1) is 11.7 Å². The zero-order chi connectivity index (χ0) is 14.5. The number of hydrogen-bond donors (Lipinski definition) is 0. The Labute approximate surface area is 130 Å². The molecule has 0 bridgehead atoms. The zero-order valence-electron chi connectivity index (χ0n) is 12.2. The fourth-order valence-corrected chi connectivity index (χ4v) is 3.53. The molecule has 0 aliphatic carbocycles. The van der Waals surface area contributed by atoms with Gasteiger partial charge in [-0.05, 0) is 28.8 Å². The van der Waals surface area contributed by atoms with Gasteiger partial charge in [-0.15, -0.1) is 0 Å². The number of fused-ring (bicyclic) bond motifs is 3. The SMILES string of the molecule is c1ccc(-c2cccc(C3c4ccccc4N4C[N@@]34)c2)cc1. The Morgan fingerprint density at radius 2 is 1.50 bits per heavy atom. The highest BCUT2D eigenvalue weighted by Crippen LogP contribution is 2.50. The number of anilines is 1. The van der Waals surface area contributed by atoms with E-state index < -0.39 is 0 Å². The Morgan fingerprint density at radius 3 is 2.41 bits per heavy atom. The first-order chi connectivity index (χ1) is 10.9. The van der Waals surface area contributed by atoms with Crippen molar-refractivity contribution in [1.82, 2.24) is 5.01 Å². The van der Waals surface area contributed by atoms with Crippen LogP contribution < -0.4 is 5.01 Å². The summed E-state index contributed by atoms with van der Waals surface area (Å²) in [6.45, 7) is 1.04. The molecule has 2 aliphatic heterocycles. The van der Waals surface area contributed by atoms with Crippen molar-refractivity contribution >= 4 is 5.69 Å². The van der Waals surface area contributed by atoms with E-state index in [2.05, 4.69) is 88.9 Å². The lowest BCUT2D eigenvalue weighted by Crippen LogP contribution is -2.08. The van der Waals surface area contributed by atoms with Gasteiger partial charge >= 0.3 is 0 Å². The lowest BCUT2D eigenvalue weighted by molar-refractivity contribution is 0.485. The maximum Gasteiger partial charge on any atom is 0.106 e. The van der Waals surface area contributed by atoms with Gasteiger partial charge in [-0.25, -0.2) is 0 Å². The summed E-state index contributed by atoms with van der Waals surface area (Å²) >= 11 is 0. The number of hydrogen-bond acceptors (Lipinski definition) is 2. The summed E-state index contributed by atoms with van der Waals surface area (Å²) in [5, 5.41) is 4.78. The van der Waals surface area contributed by atoms with Crippen molar-refractivity contribution in [2.24, 2.45) is 0 Å². The fourth-order valence-electron chi connectivity index (χ4n) is 3.53. The molecular weight excluding hydrogens is 268 g/mol. The molecule has 2 atom stereocenters. The van der Waals surface area contributed by atoms with E-state index in [1.807, 2.05) is 0 Å². The maximum absolute atomic E-state index is 2.43. The highest BCUT2D eigenvalue weighted by molar-refractivity contribution is 5.68. The van der Waals surface area contributed by atoms with Crippen molar-refractivity contribution in [2.75, 3.05) is 11.7 Å². The zero-order valence-corrected chi connectivity index (χ0v) is 12.2. The van der Waals surface area contributed by atoms with Gasteiger partial charge in [-0.1, -0.05) is 66.7 Å². The predicted molar refractivity (Wildman–Crippen MR) is 89.3 cm³/mol. The van der Waals surface area contributed by atoms with Crippen LogP contribution in [-0.2, 0) is 0 Å². The van der Waals surface area contributed by atoms with Gasteiger partial charge in [-0.3, -0.25) is 5.01 Å². The van der Waals surface area contributed by atoms with E-state index in [1.165, 1.54) is 27.9 Å². The minimum absolute atomic E-state index is 0.361. The summed E-state index contributed by atoms with van der Waals surface area (Å²) in [5.41, 5.74) is 6.71. The monoisotopic (exact) mass is 284 g/mol. The maximum atomic E-state index is 2.43. The Bertz CT molecular complexity index is 841. The molecule has 2 aliphatic rings. The molecule has 1 saturated heterocycles. The minimum atomic E-state index is 0.361. The molecule has 106 valence electrons. The third-order valence-corrected chi connectivity index (χ3v) is 4.62. The van der Waals surface area contributed by atoms with E-state index in [1.54, 1.807) is 0 Å². The van der Waals surface area contributed by atoms with Crippen LogP contribution in [0.1, 0.15) is 17.2 Å². The van der Waals surface area contributed by atoms with Crippen LogP contribution in [0.25, 0.3) is 11.1 Å². The molecule has 0 spiro atoms. The smallest absolute Gasteiger partial charge is 0.106 e. The molecular formula is C20H16N2. The number of para-hydroxylation sites is 1. The summed E-state index contributed by atoms with van der Waals surface area (Å²) in [6.07, 6.45) is 0. The van der Waals surface area contributed by atoms with E-state index >= 15 is 0 Å². The van der Waals surface area contributed by atoms with Crippen molar-refractivity contribution in [3.63, 3.8) is 0 Å². The summed E-state index contributed by atoms with van der Waals surface area (Å²) in [5.74, 6) is 0. The quantitative estimate of drug-likeness (QED) is 0.641. The number of rotatable bonds is 2. The lowest BCUT2D eigenvalue weighted by Gasteiger charge is -2.15. The third-order valence-electron chi connectivity index (χ3n) is 4.62. The molecule has 22 heavy (non-hydrogen) atoms. The van der Waals surface area contributed by atoms with Crippen LogP contribution in [0.3, 0.4) is 0 Å². The molecule has 0 aromatic heterocycles. The van der Waals surface area contributed by atoms with Crippen molar-refractivity contribution in [1.29, 1.82) is 0 Å². The fraction of sp³-hybridized carbons (Fsp3) is 0.100. The van der Waals surface area contributed by atoms with Gasteiger partial charge < -0.3 is 0 Å². The number of nitrogens with zero attached hydrogens (tertiary/aromatic N) is 2. The van der Waals surface area contributed by atoms with E-state index in [0.717, 1.165) is 6.67 Å². The molecule has 0 N–H and O–H groups in total. The lowest BCUT2D eigenvalue weighted by atomic mass is 9.95. The number of hydrazine groups is 1. The van der Waals surface area contributed by atoms with Gasteiger partial charge in [0.1, 0.15) is 6.67 Å². The normalized spacial score (nSPS) is 21.4. The Kier molecular flexibility index (Phi) is 2.43. The molecule has 5 rings (SSSR count). The second kappa shape index (κ2) is 4.46. The van der Waals surface area contributed by atoms with Crippen LogP contribution in [-0.4, -0.2) is 11.7 Å². The Morgan fingerprint density at radius 1 is 0.727 bits per heavy atom. The van der Waals surface area contributed by atoms with Gasteiger partial charge in [0.2, 0.25) is 0 Å². The van der Waals surface area contributed by atoms with Crippen molar-refractivity contribution < 1.29 is 0 Å². The first kappa shape index (κ1) is 12.0. The van der Waals surface area contributed by atoms with Gasteiger partial charge in [0.25, 0.3) is 0 Å². The molecule has 0 radical (unpaired) electrons. The third kappa shape index (κ3) is 1.71. The predicted octanol–water partition coefficient (Wildman–Crippen LogP) is 4.45. The summed E-state index contributed by atoms with van der Waals surface area (Å²) < 4.78 is 0. The van der Waals surface area contributed by atoms with Gasteiger partial charge in [0, 0.05) is 5.56 Å². The summed E-state index contributed by atoms with van der Waals surface area (Å²) in [7, 11) is 0. The molecule has 0 saturated carbocycles. The average molecular weight is 284 g/mol. The molecule has 1 fully saturated rings. The van der Waals surface area contributed by atoms with Crippen LogP contribution in [0.15, 0.2) is 78.9 Å². The first-order valence-corrected chi connectivity index (χ1v) is 7.70. The van der Waals surface area contributed by atoms with Gasteiger partial charge in [0.15, 0.2) is 0 Å². The molecule has 2 heterocycles. The minimum Gasteiger partial charge on any atom is -0.287 e. The topological polar surface area (TPSA) is 6.02 Å². The summed E-state index contributed by atoms with van der Waals surface area (Å²) in [6, 6.07) is 28.6. The van der Waals surface area contributed by atoms with E-state index in [9.17, 15) is 0 Å². The molecule has 3 aromatic rings. The Hall–Kier alpha value is -2.58. The van der Waals surface area contributed by atoms with E-state index in [4.69, 9.17) is 0 Å². The van der Waals surface area contributed by atoms with Crippen LogP contribution in [0, 0.1) is 0 Å². The van der Waals surface area contributed by atoms with E-state index in [-0.39, 0.29) is 0 Å². The summed E-state index contributed by atoms with van der Waals surface area (Å²) in [4.78, 5) is 0. The van der Waals surface area contributed by atoms with Crippen LogP contribution in [0.4, 0.5) is 5.69 Å². The molecule has 1 unspecified atom stereocenters. The van der Waals surface area contributed by atoms with Crippen molar-refractivity contribution in [3.05, 3.63) is 90.0 Å². The van der Waals surface area contributed by atoms with Crippen LogP contribution in [0.5, 0.6) is 0 Å². The van der Waals surface area contributed by atoms with E-state index in [0.29, 0.717) is 6.04 Å². The largest absolute Gasteiger partial charge is 0.287 e. The van der Waals surface area contributed by atoms with Crippen molar-refractivity contribution in [3.8, 4) is 11.1 Å². The second-order valence-corrected chi connectivity index (χ2v) is 5.93. The molecule has 3 aromatic carbocycles. The Balaban J connectivity index is 1.60. The average Bonchev–Trinajstić information content (AvgIpc) is 3.31. The highest BCUT2D eigenvalue weighted by Gasteiger charge is 2.47.